The van der Waals surface area contributed by atoms with Crippen LogP contribution in [0.1, 0.15) is 4.88 Å². The number of nitrogen functional groups attached to an aromatic ring is 1. The Bertz CT molecular complexity index is 213. The molecule has 0 aliphatic heterocycles. The first-order chi connectivity index (χ1) is 5.33. The summed E-state index contributed by atoms with van der Waals surface area (Å²) in [7, 11) is 0. The van der Waals surface area contributed by atoms with Crippen LogP contribution in [0, 0.1) is 0 Å². The lowest BCUT2D eigenvalue weighted by Crippen LogP contribution is -2.14. The zero-order valence-electron chi connectivity index (χ0n) is 6.01. The van der Waals surface area contributed by atoms with Crippen molar-refractivity contribution in [3.8, 4) is 0 Å². The van der Waals surface area contributed by atoms with Gasteiger partial charge in [-0.1, -0.05) is 0 Å². The Labute approximate surface area is 68.4 Å². The van der Waals surface area contributed by atoms with Crippen LogP contribution in [0.15, 0.2) is 6.20 Å². The van der Waals surface area contributed by atoms with Gasteiger partial charge in [0, 0.05) is 24.2 Å². The second-order valence-electron chi connectivity index (χ2n) is 2.03. The van der Waals surface area contributed by atoms with Gasteiger partial charge in [-0.3, -0.25) is 0 Å². The third kappa shape index (κ3) is 2.81. The van der Waals surface area contributed by atoms with Gasteiger partial charge in [0.1, 0.15) is 6.67 Å². The SMILES string of the molecule is Nc1ncc(CNCCF)s1. The van der Waals surface area contributed by atoms with Crippen LogP contribution in [0.25, 0.3) is 0 Å². The van der Waals surface area contributed by atoms with Gasteiger partial charge in [0.05, 0.1) is 0 Å². The minimum atomic E-state index is -0.339. The number of anilines is 1. The van der Waals surface area contributed by atoms with Crippen LogP contribution >= 0.6 is 11.3 Å². The lowest BCUT2D eigenvalue weighted by Gasteiger charge is -1.95. The topological polar surface area (TPSA) is 50.9 Å². The van der Waals surface area contributed by atoms with Crippen molar-refractivity contribution in [2.24, 2.45) is 0 Å². The molecule has 0 aliphatic carbocycles. The summed E-state index contributed by atoms with van der Waals surface area (Å²) in [5.41, 5.74) is 5.39. The molecule has 0 spiro atoms. The normalized spacial score (nSPS) is 10.3. The highest BCUT2D eigenvalue weighted by Crippen LogP contribution is 2.13. The molecule has 0 bridgehead atoms. The lowest BCUT2D eigenvalue weighted by atomic mass is 10.5. The number of rotatable bonds is 4. The van der Waals surface area contributed by atoms with E-state index in [1.165, 1.54) is 11.3 Å². The van der Waals surface area contributed by atoms with Gasteiger partial charge in [-0.2, -0.15) is 0 Å². The van der Waals surface area contributed by atoms with Gasteiger partial charge in [-0.15, -0.1) is 11.3 Å². The first-order valence-electron chi connectivity index (χ1n) is 3.30. The Hall–Kier alpha value is -0.680. The fourth-order valence-electron chi connectivity index (χ4n) is 0.683. The molecule has 0 radical (unpaired) electrons. The quantitative estimate of drug-likeness (QED) is 0.665. The van der Waals surface area contributed by atoms with Gasteiger partial charge in [0.25, 0.3) is 0 Å². The average Bonchev–Trinajstić information content (AvgIpc) is 2.37. The fraction of sp³-hybridized carbons (Fsp3) is 0.500. The number of hydrogen-bond acceptors (Lipinski definition) is 4. The van der Waals surface area contributed by atoms with Gasteiger partial charge >= 0.3 is 0 Å². The Balaban J connectivity index is 2.27. The third-order valence-corrected chi connectivity index (χ3v) is 1.97. The molecular formula is C6H10FN3S. The van der Waals surface area contributed by atoms with Gasteiger partial charge in [-0.05, 0) is 0 Å². The summed E-state index contributed by atoms with van der Waals surface area (Å²) in [4.78, 5) is 4.90. The molecule has 1 aromatic rings. The van der Waals surface area contributed by atoms with Crippen molar-refractivity contribution in [3.63, 3.8) is 0 Å². The number of nitrogens with two attached hydrogens (primary N) is 1. The van der Waals surface area contributed by atoms with Crippen LogP contribution in [0.4, 0.5) is 9.52 Å². The molecule has 0 unspecified atom stereocenters. The Morgan fingerprint density at radius 2 is 2.55 bits per heavy atom. The van der Waals surface area contributed by atoms with E-state index in [0.29, 0.717) is 18.2 Å². The van der Waals surface area contributed by atoms with E-state index >= 15 is 0 Å². The first-order valence-corrected chi connectivity index (χ1v) is 4.11. The smallest absolute Gasteiger partial charge is 0.180 e. The maximum atomic E-state index is 11.6. The second kappa shape index (κ2) is 4.25. The molecule has 11 heavy (non-hydrogen) atoms. The molecule has 0 aromatic carbocycles. The van der Waals surface area contributed by atoms with Crippen molar-refractivity contribution in [2.75, 3.05) is 19.0 Å². The number of aromatic nitrogens is 1. The molecule has 3 nitrogen and oxygen atoms in total. The molecule has 62 valence electrons. The molecule has 0 atom stereocenters. The molecular weight excluding hydrogens is 165 g/mol. The summed E-state index contributed by atoms with van der Waals surface area (Å²) in [6.07, 6.45) is 1.70. The minimum Gasteiger partial charge on any atom is -0.375 e. The number of alkyl halides is 1. The predicted molar refractivity (Wildman–Crippen MR) is 44.2 cm³/mol. The van der Waals surface area contributed by atoms with E-state index in [2.05, 4.69) is 10.3 Å². The van der Waals surface area contributed by atoms with Crippen LogP contribution in [-0.2, 0) is 6.54 Å². The molecule has 5 heteroatoms. The number of thiazole rings is 1. The second-order valence-corrected chi connectivity index (χ2v) is 3.18. The van der Waals surface area contributed by atoms with E-state index in [9.17, 15) is 4.39 Å². The number of hydrogen-bond donors (Lipinski definition) is 2. The summed E-state index contributed by atoms with van der Waals surface area (Å²) in [5.74, 6) is 0. The maximum absolute atomic E-state index is 11.6. The molecule has 0 fully saturated rings. The Kier molecular flexibility index (Phi) is 3.25. The van der Waals surface area contributed by atoms with Crippen LogP contribution in [0.3, 0.4) is 0 Å². The maximum Gasteiger partial charge on any atom is 0.180 e. The average molecular weight is 175 g/mol. The summed E-state index contributed by atoms with van der Waals surface area (Å²) >= 11 is 1.42. The van der Waals surface area contributed by atoms with Crippen molar-refractivity contribution < 1.29 is 4.39 Å². The molecule has 1 aromatic heterocycles. The molecule has 0 aliphatic rings. The van der Waals surface area contributed by atoms with Crippen molar-refractivity contribution >= 4 is 16.5 Å². The van der Waals surface area contributed by atoms with E-state index in [1.54, 1.807) is 6.20 Å². The summed E-state index contributed by atoms with van der Waals surface area (Å²) in [5, 5.41) is 3.46. The summed E-state index contributed by atoms with van der Waals surface area (Å²) < 4.78 is 11.6. The molecule has 1 rings (SSSR count). The monoisotopic (exact) mass is 175 g/mol. The largest absolute Gasteiger partial charge is 0.375 e. The number of halogens is 1. The predicted octanol–water partition coefficient (Wildman–Crippen LogP) is 0.784. The van der Waals surface area contributed by atoms with Gasteiger partial charge < -0.3 is 11.1 Å². The van der Waals surface area contributed by atoms with E-state index in [1.807, 2.05) is 0 Å². The highest BCUT2D eigenvalue weighted by Gasteiger charge is 1.96. The van der Waals surface area contributed by atoms with E-state index in [-0.39, 0.29) is 6.67 Å². The lowest BCUT2D eigenvalue weighted by molar-refractivity contribution is 0.467. The van der Waals surface area contributed by atoms with Gasteiger partial charge in [0.15, 0.2) is 5.13 Å². The zero-order valence-corrected chi connectivity index (χ0v) is 6.83. The van der Waals surface area contributed by atoms with E-state index < -0.39 is 0 Å². The van der Waals surface area contributed by atoms with Crippen molar-refractivity contribution in [3.05, 3.63) is 11.1 Å². The van der Waals surface area contributed by atoms with Gasteiger partial charge in [-0.25, -0.2) is 9.37 Å². The third-order valence-electron chi connectivity index (χ3n) is 1.14. The first kappa shape index (κ1) is 8.42. The highest BCUT2D eigenvalue weighted by atomic mass is 32.1. The zero-order chi connectivity index (χ0) is 8.10. The van der Waals surface area contributed by atoms with E-state index in [0.717, 1.165) is 4.88 Å². The highest BCUT2D eigenvalue weighted by molar-refractivity contribution is 7.15. The van der Waals surface area contributed by atoms with Crippen LogP contribution in [-0.4, -0.2) is 18.2 Å². The molecule has 0 amide bonds. The van der Waals surface area contributed by atoms with Crippen molar-refractivity contribution in [1.82, 2.24) is 10.3 Å². The number of nitrogens with one attached hydrogen (secondary N) is 1. The molecule has 1 heterocycles. The number of nitrogens with zero attached hydrogens (tertiary/aromatic N) is 1. The Morgan fingerprint density at radius 3 is 3.09 bits per heavy atom. The van der Waals surface area contributed by atoms with Crippen LogP contribution in [0.2, 0.25) is 0 Å². The standard InChI is InChI=1S/C6H10FN3S/c7-1-2-9-3-5-4-10-6(8)11-5/h4,9H,1-3H2,(H2,8,10). The van der Waals surface area contributed by atoms with Crippen LogP contribution < -0.4 is 11.1 Å². The summed E-state index contributed by atoms with van der Waals surface area (Å²) in [6.45, 7) is 0.699. The minimum absolute atomic E-state index is 0.339. The van der Waals surface area contributed by atoms with E-state index in [4.69, 9.17) is 5.73 Å². The van der Waals surface area contributed by atoms with Crippen LogP contribution in [0.5, 0.6) is 0 Å². The Morgan fingerprint density at radius 1 is 1.73 bits per heavy atom. The van der Waals surface area contributed by atoms with Gasteiger partial charge in [0.2, 0.25) is 0 Å². The fourth-order valence-corrected chi connectivity index (χ4v) is 1.34. The molecule has 3 N–H and O–H groups in total. The summed E-state index contributed by atoms with van der Waals surface area (Å²) in [6, 6.07) is 0. The molecule has 0 saturated carbocycles. The van der Waals surface area contributed by atoms with Crippen molar-refractivity contribution in [1.29, 1.82) is 0 Å². The van der Waals surface area contributed by atoms with Crippen molar-refractivity contribution in [2.45, 2.75) is 6.54 Å². The molecule has 0 saturated heterocycles.